The number of rotatable bonds is 4. The molecule has 7 nitrogen and oxygen atoms in total. The summed E-state index contributed by atoms with van der Waals surface area (Å²) >= 11 is 0. The summed E-state index contributed by atoms with van der Waals surface area (Å²) in [5, 5.41) is 2.82. The molecule has 7 heteroatoms. The van der Waals surface area contributed by atoms with Gasteiger partial charge in [-0.3, -0.25) is 14.5 Å². The second-order valence-corrected chi connectivity index (χ2v) is 5.75. The van der Waals surface area contributed by atoms with Gasteiger partial charge >= 0.3 is 6.09 Å². The molecule has 1 aromatic carbocycles. The third-order valence-electron chi connectivity index (χ3n) is 4.26. The van der Waals surface area contributed by atoms with Crippen LogP contribution in [-0.2, 0) is 14.3 Å². The molecule has 0 radical (unpaired) electrons. The second kappa shape index (κ2) is 6.28. The lowest BCUT2D eigenvalue weighted by Crippen LogP contribution is -2.41. The van der Waals surface area contributed by atoms with Crippen LogP contribution in [0.4, 0.5) is 10.5 Å². The van der Waals surface area contributed by atoms with E-state index in [1.54, 1.807) is 11.9 Å². The van der Waals surface area contributed by atoms with E-state index < -0.39 is 6.09 Å². The highest BCUT2D eigenvalue weighted by Gasteiger charge is 2.29. The SMILES string of the molecule is CN1C(=O)C[C@@H](CNC(=O)CN2CCOC2=O)c2ccccc21. The van der Waals surface area contributed by atoms with Gasteiger partial charge < -0.3 is 15.0 Å². The van der Waals surface area contributed by atoms with Crippen molar-refractivity contribution in [3.8, 4) is 0 Å². The molecule has 2 heterocycles. The van der Waals surface area contributed by atoms with Crippen molar-refractivity contribution in [2.24, 2.45) is 0 Å². The van der Waals surface area contributed by atoms with E-state index in [9.17, 15) is 14.4 Å². The first-order valence-corrected chi connectivity index (χ1v) is 7.60. The molecule has 0 aliphatic carbocycles. The van der Waals surface area contributed by atoms with Crippen LogP contribution >= 0.6 is 0 Å². The molecule has 3 rings (SSSR count). The monoisotopic (exact) mass is 317 g/mol. The van der Waals surface area contributed by atoms with Gasteiger partial charge in [0.25, 0.3) is 0 Å². The molecule has 1 N–H and O–H groups in total. The Hall–Kier alpha value is -2.57. The van der Waals surface area contributed by atoms with Gasteiger partial charge in [-0.05, 0) is 11.6 Å². The molecule has 0 bridgehead atoms. The predicted molar refractivity (Wildman–Crippen MR) is 83.1 cm³/mol. The van der Waals surface area contributed by atoms with Crippen molar-refractivity contribution in [1.82, 2.24) is 10.2 Å². The average molecular weight is 317 g/mol. The number of nitrogens with one attached hydrogen (secondary N) is 1. The standard InChI is InChI=1S/C16H19N3O4/c1-18-13-5-3-2-4-12(13)11(8-15(18)21)9-17-14(20)10-19-6-7-23-16(19)22/h2-5,11H,6-10H2,1H3,(H,17,20)/t11-/m0/s1. The van der Waals surface area contributed by atoms with E-state index in [4.69, 9.17) is 4.74 Å². The van der Waals surface area contributed by atoms with Gasteiger partial charge in [0, 0.05) is 31.6 Å². The molecule has 23 heavy (non-hydrogen) atoms. The van der Waals surface area contributed by atoms with Gasteiger partial charge in [-0.15, -0.1) is 0 Å². The molecule has 3 amide bonds. The molecule has 2 aliphatic rings. The number of hydrogen-bond acceptors (Lipinski definition) is 4. The van der Waals surface area contributed by atoms with Crippen LogP contribution in [0.1, 0.15) is 17.9 Å². The van der Waals surface area contributed by atoms with Crippen molar-refractivity contribution in [3.05, 3.63) is 29.8 Å². The minimum atomic E-state index is -0.458. The summed E-state index contributed by atoms with van der Waals surface area (Å²) in [7, 11) is 1.76. The van der Waals surface area contributed by atoms with Gasteiger partial charge in [0.15, 0.2) is 0 Å². The quantitative estimate of drug-likeness (QED) is 0.887. The number of ether oxygens (including phenoxy) is 1. The number of fused-ring (bicyclic) bond motifs is 1. The second-order valence-electron chi connectivity index (χ2n) is 5.75. The van der Waals surface area contributed by atoms with Crippen LogP contribution in [0.25, 0.3) is 0 Å². The number of para-hydroxylation sites is 1. The molecular weight excluding hydrogens is 298 g/mol. The highest BCUT2D eigenvalue weighted by atomic mass is 16.6. The van der Waals surface area contributed by atoms with E-state index in [1.165, 1.54) is 4.90 Å². The number of amides is 3. The fourth-order valence-corrected chi connectivity index (χ4v) is 2.95. The largest absolute Gasteiger partial charge is 0.448 e. The Bertz CT molecular complexity index is 646. The van der Waals surface area contributed by atoms with Gasteiger partial charge in [0.1, 0.15) is 13.2 Å². The van der Waals surface area contributed by atoms with Crippen LogP contribution in [0.3, 0.4) is 0 Å². The van der Waals surface area contributed by atoms with Crippen LogP contribution in [-0.4, -0.2) is 56.1 Å². The lowest BCUT2D eigenvalue weighted by Gasteiger charge is -2.31. The molecule has 1 aromatic rings. The third kappa shape index (κ3) is 3.13. The number of carbonyl (C=O) groups excluding carboxylic acids is 3. The van der Waals surface area contributed by atoms with E-state index in [-0.39, 0.29) is 24.3 Å². The average Bonchev–Trinajstić information content (AvgIpc) is 2.94. The zero-order valence-electron chi connectivity index (χ0n) is 12.9. The normalized spacial score (nSPS) is 20.3. The van der Waals surface area contributed by atoms with Gasteiger partial charge in [0.05, 0.1) is 6.54 Å². The predicted octanol–water partition coefficient (Wildman–Crippen LogP) is 0.705. The Morgan fingerprint density at radius 2 is 2.13 bits per heavy atom. The number of anilines is 1. The maximum Gasteiger partial charge on any atom is 0.410 e. The van der Waals surface area contributed by atoms with Crippen molar-refractivity contribution >= 4 is 23.6 Å². The lowest BCUT2D eigenvalue weighted by molar-refractivity contribution is -0.122. The Balaban J connectivity index is 1.62. The first kappa shape index (κ1) is 15.3. The molecule has 1 saturated heterocycles. The molecule has 0 spiro atoms. The Morgan fingerprint density at radius 1 is 1.35 bits per heavy atom. The van der Waals surface area contributed by atoms with Gasteiger partial charge in [-0.1, -0.05) is 18.2 Å². The van der Waals surface area contributed by atoms with Crippen molar-refractivity contribution in [2.45, 2.75) is 12.3 Å². The Kier molecular flexibility index (Phi) is 4.18. The number of nitrogens with zero attached hydrogens (tertiary/aromatic N) is 2. The lowest BCUT2D eigenvalue weighted by atomic mass is 9.89. The molecule has 0 aromatic heterocycles. The smallest absolute Gasteiger partial charge is 0.410 e. The molecule has 122 valence electrons. The highest BCUT2D eigenvalue weighted by molar-refractivity contribution is 5.96. The molecule has 0 saturated carbocycles. The van der Waals surface area contributed by atoms with Crippen LogP contribution < -0.4 is 10.2 Å². The minimum absolute atomic E-state index is 0.0128. The van der Waals surface area contributed by atoms with Crippen molar-refractivity contribution < 1.29 is 19.1 Å². The maximum atomic E-state index is 12.1. The number of carbonyl (C=O) groups is 3. The minimum Gasteiger partial charge on any atom is -0.448 e. The molecule has 0 unspecified atom stereocenters. The van der Waals surface area contributed by atoms with Crippen molar-refractivity contribution in [2.75, 3.05) is 38.2 Å². The molecule has 1 fully saturated rings. The van der Waals surface area contributed by atoms with Gasteiger partial charge in [0.2, 0.25) is 11.8 Å². The zero-order chi connectivity index (χ0) is 16.4. The summed E-state index contributed by atoms with van der Waals surface area (Å²) in [6, 6.07) is 7.70. The van der Waals surface area contributed by atoms with E-state index >= 15 is 0 Å². The highest BCUT2D eigenvalue weighted by Crippen LogP contribution is 2.34. The zero-order valence-corrected chi connectivity index (χ0v) is 12.9. The first-order valence-electron chi connectivity index (χ1n) is 7.60. The summed E-state index contributed by atoms with van der Waals surface area (Å²) in [4.78, 5) is 38.4. The van der Waals surface area contributed by atoms with Gasteiger partial charge in [-0.25, -0.2) is 4.79 Å². The summed E-state index contributed by atoms with van der Waals surface area (Å²) in [5.41, 5.74) is 1.93. The number of hydrogen-bond donors (Lipinski definition) is 1. The maximum absolute atomic E-state index is 12.1. The summed E-state index contributed by atoms with van der Waals surface area (Å²) < 4.78 is 4.79. The van der Waals surface area contributed by atoms with Crippen molar-refractivity contribution in [1.29, 1.82) is 0 Å². The summed E-state index contributed by atoms with van der Waals surface area (Å²) in [6.45, 7) is 1.12. The van der Waals surface area contributed by atoms with Crippen LogP contribution in [0.5, 0.6) is 0 Å². The fraction of sp³-hybridized carbons (Fsp3) is 0.438. The summed E-state index contributed by atoms with van der Waals surface area (Å²) in [6.07, 6.45) is -0.0977. The third-order valence-corrected chi connectivity index (χ3v) is 4.26. The molecular formula is C16H19N3O4. The first-order chi connectivity index (χ1) is 11.1. The molecule has 2 aliphatic heterocycles. The van der Waals surface area contributed by atoms with Crippen LogP contribution in [0, 0.1) is 0 Å². The summed E-state index contributed by atoms with van der Waals surface area (Å²) in [5.74, 6) is -0.261. The number of benzene rings is 1. The van der Waals surface area contributed by atoms with Crippen molar-refractivity contribution in [3.63, 3.8) is 0 Å². The molecule has 1 atom stereocenters. The Morgan fingerprint density at radius 3 is 2.87 bits per heavy atom. The van der Waals surface area contributed by atoms with E-state index in [0.717, 1.165) is 11.3 Å². The van der Waals surface area contributed by atoms with Crippen LogP contribution in [0.15, 0.2) is 24.3 Å². The van der Waals surface area contributed by atoms with E-state index in [0.29, 0.717) is 26.1 Å². The van der Waals surface area contributed by atoms with E-state index in [1.807, 2.05) is 24.3 Å². The van der Waals surface area contributed by atoms with Crippen LogP contribution in [0.2, 0.25) is 0 Å². The fourth-order valence-electron chi connectivity index (χ4n) is 2.95. The number of cyclic esters (lactones) is 1. The Labute approximate surface area is 134 Å². The van der Waals surface area contributed by atoms with Gasteiger partial charge in [-0.2, -0.15) is 0 Å². The topological polar surface area (TPSA) is 79.0 Å². The van der Waals surface area contributed by atoms with E-state index in [2.05, 4.69) is 5.32 Å².